The number of nitrogens with one attached hydrogen (secondary N) is 1. The maximum atomic E-state index is 15.2. The lowest BCUT2D eigenvalue weighted by atomic mass is 9.97. The summed E-state index contributed by atoms with van der Waals surface area (Å²) >= 11 is 5.60. The smallest absolute Gasteiger partial charge is 0.323 e. The third-order valence-corrected chi connectivity index (χ3v) is 9.04. The Hall–Kier alpha value is -2.87. The van der Waals surface area contributed by atoms with Gasteiger partial charge in [-0.1, -0.05) is 30.3 Å². The number of rotatable bonds is 11. The highest BCUT2D eigenvalue weighted by atomic mass is 32.5. The van der Waals surface area contributed by atoms with E-state index < -0.39 is 80.0 Å². The summed E-state index contributed by atoms with van der Waals surface area (Å²) in [7, 11) is 0. The fourth-order valence-corrected chi connectivity index (χ4v) is 6.81. The topological polar surface area (TPSA) is 124 Å². The highest BCUT2D eigenvalue weighted by Crippen LogP contribution is 2.49. The first-order chi connectivity index (χ1) is 19.7. The number of ketones is 1. The van der Waals surface area contributed by atoms with Crippen molar-refractivity contribution in [3.63, 3.8) is 0 Å². The average Bonchev–Trinajstić information content (AvgIpc) is 3.17. The molecule has 42 heavy (non-hydrogen) atoms. The summed E-state index contributed by atoms with van der Waals surface area (Å²) in [5.41, 5.74) is -2.99. The van der Waals surface area contributed by atoms with Crippen molar-refractivity contribution in [2.45, 2.75) is 69.9 Å². The molecule has 1 unspecified atom stereocenters. The predicted octanol–water partition coefficient (Wildman–Crippen LogP) is 3.76. The van der Waals surface area contributed by atoms with Crippen molar-refractivity contribution in [1.29, 1.82) is 0 Å². The van der Waals surface area contributed by atoms with Crippen LogP contribution in [0.25, 0.3) is 10.8 Å². The van der Waals surface area contributed by atoms with E-state index in [1.54, 1.807) is 38.1 Å². The molecule has 10 nitrogen and oxygen atoms in total. The Morgan fingerprint density at radius 1 is 1.21 bits per heavy atom. The van der Waals surface area contributed by atoms with Gasteiger partial charge in [0.15, 0.2) is 23.8 Å². The van der Waals surface area contributed by atoms with Crippen LogP contribution in [-0.2, 0) is 40.2 Å². The number of hydrogen-bond donors (Lipinski definition) is 2. The number of esters is 1. The van der Waals surface area contributed by atoms with Crippen LogP contribution in [0, 0.1) is 0 Å². The number of fused-ring (bicyclic) bond motifs is 1. The number of hydrogen-bond acceptors (Lipinski definition) is 9. The van der Waals surface area contributed by atoms with Crippen LogP contribution in [-0.4, -0.2) is 76.9 Å². The first-order valence-corrected chi connectivity index (χ1v) is 15.6. The summed E-state index contributed by atoms with van der Waals surface area (Å²) in [6, 6.07) is 11.1. The lowest BCUT2D eigenvalue weighted by molar-refractivity contribution is -0.199. The van der Waals surface area contributed by atoms with E-state index >= 15 is 4.39 Å². The zero-order chi connectivity index (χ0) is 30.8. The minimum Gasteiger partial charge on any atom is -0.462 e. The van der Waals surface area contributed by atoms with Crippen molar-refractivity contribution in [2.75, 3.05) is 6.61 Å². The molecule has 1 amide bonds. The first-order valence-electron chi connectivity index (χ1n) is 13.0. The molecule has 2 aliphatic rings. The largest absolute Gasteiger partial charge is 0.462 e. The number of allylic oxidation sites excluding steroid dienone is 1. The first kappa shape index (κ1) is 32.1. The second-order valence-corrected chi connectivity index (χ2v) is 13.3. The molecule has 0 aliphatic carbocycles. The summed E-state index contributed by atoms with van der Waals surface area (Å²) in [5.74, 6) is -1.99. The van der Waals surface area contributed by atoms with E-state index in [1.807, 2.05) is 18.2 Å². The van der Waals surface area contributed by atoms with Gasteiger partial charge >= 0.3 is 12.6 Å². The predicted molar refractivity (Wildman–Crippen MR) is 149 cm³/mol. The van der Waals surface area contributed by atoms with Crippen LogP contribution in [0.2, 0.25) is 0 Å². The van der Waals surface area contributed by atoms with Crippen molar-refractivity contribution in [3.05, 3.63) is 54.7 Å². The van der Waals surface area contributed by atoms with Gasteiger partial charge < -0.3 is 23.6 Å². The Kier molecular flexibility index (Phi) is 9.75. The van der Waals surface area contributed by atoms with Gasteiger partial charge in [0.25, 0.3) is 6.43 Å². The van der Waals surface area contributed by atoms with Crippen LogP contribution < -0.4 is 9.61 Å². The number of benzene rings is 2. The summed E-state index contributed by atoms with van der Waals surface area (Å²) in [6.07, 6.45) is -9.64. The normalized spacial score (nSPS) is 26.6. The number of halogens is 3. The number of alkyl halides is 3. The molecular formula is C27H30F3N2O8PS. The van der Waals surface area contributed by atoms with Crippen LogP contribution in [0.5, 0.6) is 5.75 Å². The molecule has 2 N–H and O–H groups in total. The lowest BCUT2D eigenvalue weighted by Gasteiger charge is -2.34. The molecule has 4 rings (SSSR count). The van der Waals surface area contributed by atoms with Gasteiger partial charge in [-0.15, -0.1) is 0 Å². The molecule has 1 fully saturated rings. The Morgan fingerprint density at radius 3 is 2.55 bits per heavy atom. The fourth-order valence-electron chi connectivity index (χ4n) is 4.39. The van der Waals surface area contributed by atoms with Crippen LogP contribution in [0.15, 0.2) is 54.7 Å². The minimum absolute atomic E-state index is 0.183. The Bertz CT molecular complexity index is 1430. The number of carbonyl (C=O) groups is 3. The van der Waals surface area contributed by atoms with Crippen molar-refractivity contribution in [1.82, 2.24) is 9.99 Å². The number of amides is 1. The van der Waals surface area contributed by atoms with Crippen molar-refractivity contribution in [3.8, 4) is 5.75 Å². The molecule has 228 valence electrons. The zero-order valence-electron chi connectivity index (χ0n) is 22.8. The number of aliphatic hydroxyl groups is 1. The van der Waals surface area contributed by atoms with E-state index in [4.69, 9.17) is 30.3 Å². The van der Waals surface area contributed by atoms with Gasteiger partial charge in [0.1, 0.15) is 17.9 Å². The van der Waals surface area contributed by atoms with Gasteiger partial charge in [-0.05, 0) is 61.6 Å². The second kappa shape index (κ2) is 12.8. The molecule has 6 atom stereocenters. The third kappa shape index (κ3) is 6.85. The highest BCUT2D eigenvalue weighted by Gasteiger charge is 2.63. The summed E-state index contributed by atoms with van der Waals surface area (Å²) in [5, 5.41) is 15.0. The number of nitrogens with zero attached hydrogens (tertiary/aromatic N) is 1. The molecule has 2 aromatic rings. The summed E-state index contributed by atoms with van der Waals surface area (Å²) in [6.45, 7) is -0.434. The fraction of sp³-hybridized carbons (Fsp3) is 0.444. The third-order valence-electron chi connectivity index (χ3n) is 6.56. The molecule has 2 heterocycles. The molecule has 0 bridgehead atoms. The van der Waals surface area contributed by atoms with Crippen LogP contribution in [0.3, 0.4) is 0 Å². The number of ether oxygens (including phenoxy) is 2. The van der Waals surface area contributed by atoms with Crippen molar-refractivity contribution in [2.24, 2.45) is 0 Å². The maximum Gasteiger partial charge on any atom is 0.323 e. The van der Waals surface area contributed by atoms with Gasteiger partial charge in [0.2, 0.25) is 5.91 Å². The number of carbonyl (C=O) groups excluding carboxylic acids is 3. The standard InChI is InChI=1S/C27H30F3N2O8PS/c1-15(2)38-25(36)16(3)31-41(42,40-20-9-8-17-6-4-5-7-18(17)12-20)37-14-27(26(29)30)23(35)22(28)24(39-27)32-11-10-19(33)13-21(32)34/h4-12,15-16,22-24,26,35H,13-14H2,1-3H3,(H,31,42)/t16-,22-,23-,24+,27+,41?/m0/s1. The SMILES string of the molecule is CC(C)OC(=O)[C@H](C)NP(=S)(OC[C@@]1(C(F)F)O[C@@H](N2C=CC(=O)CC2=O)[C@@H](F)[C@@H]1O)Oc1ccc2ccccc2c1. The zero-order valence-corrected chi connectivity index (χ0v) is 24.5. The van der Waals surface area contributed by atoms with Crippen LogP contribution in [0.1, 0.15) is 27.2 Å². The van der Waals surface area contributed by atoms with Gasteiger partial charge in [-0.3, -0.25) is 19.3 Å². The average molecular weight is 631 g/mol. The van der Waals surface area contributed by atoms with E-state index in [9.17, 15) is 28.3 Å². The second-order valence-electron chi connectivity index (χ2n) is 10.1. The van der Waals surface area contributed by atoms with Gasteiger partial charge in [-0.25, -0.2) is 18.3 Å². The molecular weight excluding hydrogens is 600 g/mol. The van der Waals surface area contributed by atoms with E-state index in [0.29, 0.717) is 4.90 Å². The van der Waals surface area contributed by atoms with Crippen LogP contribution in [0.4, 0.5) is 13.2 Å². The van der Waals surface area contributed by atoms with E-state index in [1.165, 1.54) is 6.92 Å². The lowest BCUT2D eigenvalue weighted by Crippen LogP contribution is -2.52. The van der Waals surface area contributed by atoms with Crippen molar-refractivity contribution >= 4 is 46.9 Å². The summed E-state index contributed by atoms with van der Waals surface area (Å²) in [4.78, 5) is 37.0. The Balaban J connectivity index is 1.62. The Morgan fingerprint density at radius 2 is 1.90 bits per heavy atom. The van der Waals surface area contributed by atoms with Gasteiger partial charge in [-0.2, -0.15) is 0 Å². The molecule has 15 heteroatoms. The Labute approximate surface area is 245 Å². The molecule has 2 aliphatic heterocycles. The molecule has 2 aromatic carbocycles. The maximum absolute atomic E-state index is 15.2. The molecule has 0 aromatic heterocycles. The molecule has 0 spiro atoms. The van der Waals surface area contributed by atoms with E-state index in [-0.39, 0.29) is 5.75 Å². The monoisotopic (exact) mass is 630 g/mol. The highest BCUT2D eigenvalue weighted by molar-refractivity contribution is 8.09. The molecule has 0 radical (unpaired) electrons. The molecule has 1 saturated heterocycles. The van der Waals surface area contributed by atoms with Crippen LogP contribution >= 0.6 is 6.64 Å². The molecule has 0 saturated carbocycles. The minimum atomic E-state index is -3.93. The van der Waals surface area contributed by atoms with Crippen molar-refractivity contribution < 1.29 is 51.2 Å². The quantitative estimate of drug-likeness (QED) is 0.216. The van der Waals surface area contributed by atoms with E-state index in [0.717, 1.165) is 23.0 Å². The van der Waals surface area contributed by atoms with Gasteiger partial charge in [0.05, 0.1) is 19.1 Å². The van der Waals surface area contributed by atoms with Gasteiger partial charge in [0, 0.05) is 6.20 Å². The summed E-state index contributed by atoms with van der Waals surface area (Å²) < 4.78 is 66.5. The number of aliphatic hydroxyl groups excluding tert-OH is 1. The van der Waals surface area contributed by atoms with E-state index in [2.05, 4.69) is 5.09 Å².